The van der Waals surface area contributed by atoms with Gasteiger partial charge in [-0.05, 0) is 6.92 Å². The summed E-state index contributed by atoms with van der Waals surface area (Å²) in [7, 11) is 0. The van der Waals surface area contributed by atoms with Crippen molar-refractivity contribution >= 4 is 17.6 Å². The summed E-state index contributed by atoms with van der Waals surface area (Å²) in [5, 5.41) is 14.9. The standard InChI is InChI=1S/C9H14N4O3/c1-2-13-5-6(4-11-13)12-9(16)7(10)3-8(14)15/h4-5,7H,2-3,10H2,1H3,(H,12,16)(H,14,15). The Morgan fingerprint density at radius 2 is 2.38 bits per heavy atom. The number of hydrogen-bond acceptors (Lipinski definition) is 4. The Balaban J connectivity index is 2.53. The summed E-state index contributed by atoms with van der Waals surface area (Å²) >= 11 is 0. The Labute approximate surface area is 92.2 Å². The first-order valence-electron chi connectivity index (χ1n) is 4.83. The van der Waals surface area contributed by atoms with Gasteiger partial charge in [-0.25, -0.2) is 0 Å². The number of amides is 1. The third-order valence-corrected chi connectivity index (χ3v) is 1.96. The number of aliphatic carboxylic acids is 1. The fourth-order valence-corrected chi connectivity index (χ4v) is 1.12. The zero-order valence-electron chi connectivity index (χ0n) is 8.88. The smallest absolute Gasteiger partial charge is 0.305 e. The second-order valence-electron chi connectivity index (χ2n) is 3.28. The summed E-state index contributed by atoms with van der Waals surface area (Å²) in [6.45, 7) is 2.60. The van der Waals surface area contributed by atoms with Crippen molar-refractivity contribution in [2.45, 2.75) is 25.9 Å². The average Bonchev–Trinajstić information content (AvgIpc) is 2.64. The molecule has 0 fully saturated rings. The number of carbonyl (C=O) groups is 2. The van der Waals surface area contributed by atoms with Crippen LogP contribution in [-0.4, -0.2) is 32.8 Å². The maximum Gasteiger partial charge on any atom is 0.305 e. The highest BCUT2D eigenvalue weighted by Gasteiger charge is 2.17. The lowest BCUT2D eigenvalue weighted by Crippen LogP contribution is -2.37. The lowest BCUT2D eigenvalue weighted by molar-refractivity contribution is -0.138. The molecule has 1 heterocycles. The molecule has 7 nitrogen and oxygen atoms in total. The van der Waals surface area contributed by atoms with Crippen LogP contribution in [-0.2, 0) is 16.1 Å². The van der Waals surface area contributed by atoms with Crippen LogP contribution < -0.4 is 11.1 Å². The predicted molar refractivity (Wildman–Crippen MR) is 56.8 cm³/mol. The second-order valence-corrected chi connectivity index (χ2v) is 3.28. The van der Waals surface area contributed by atoms with E-state index >= 15 is 0 Å². The predicted octanol–water partition coefficient (Wildman–Crippen LogP) is -0.356. The number of nitrogens with zero attached hydrogens (tertiary/aromatic N) is 2. The number of carbonyl (C=O) groups excluding carboxylic acids is 1. The van der Waals surface area contributed by atoms with Crippen LogP contribution in [0.3, 0.4) is 0 Å². The highest BCUT2D eigenvalue weighted by molar-refractivity contribution is 5.96. The van der Waals surface area contributed by atoms with E-state index in [2.05, 4.69) is 10.4 Å². The summed E-state index contributed by atoms with van der Waals surface area (Å²) in [6.07, 6.45) is 2.73. The number of hydrogen-bond donors (Lipinski definition) is 3. The molecule has 0 saturated heterocycles. The van der Waals surface area contributed by atoms with Crippen molar-refractivity contribution in [3.63, 3.8) is 0 Å². The number of carboxylic acid groups (broad SMARTS) is 1. The van der Waals surface area contributed by atoms with Crippen LogP contribution >= 0.6 is 0 Å². The monoisotopic (exact) mass is 226 g/mol. The summed E-state index contributed by atoms with van der Waals surface area (Å²) in [4.78, 5) is 21.7. The number of nitrogens with one attached hydrogen (secondary N) is 1. The molecular weight excluding hydrogens is 212 g/mol. The van der Waals surface area contributed by atoms with Crippen LogP contribution in [0, 0.1) is 0 Å². The quantitative estimate of drug-likeness (QED) is 0.635. The molecule has 0 spiro atoms. The van der Waals surface area contributed by atoms with E-state index in [-0.39, 0.29) is 0 Å². The minimum absolute atomic E-state index is 0.395. The number of rotatable bonds is 5. The zero-order valence-corrected chi connectivity index (χ0v) is 8.88. The van der Waals surface area contributed by atoms with E-state index in [4.69, 9.17) is 10.8 Å². The van der Waals surface area contributed by atoms with E-state index in [9.17, 15) is 9.59 Å². The van der Waals surface area contributed by atoms with Crippen molar-refractivity contribution in [2.75, 3.05) is 5.32 Å². The molecule has 88 valence electrons. The number of anilines is 1. The van der Waals surface area contributed by atoms with Gasteiger partial charge in [0.2, 0.25) is 5.91 Å². The zero-order chi connectivity index (χ0) is 12.1. The molecule has 1 aromatic rings. The highest BCUT2D eigenvalue weighted by atomic mass is 16.4. The van der Waals surface area contributed by atoms with Crippen molar-refractivity contribution in [1.29, 1.82) is 0 Å². The molecule has 4 N–H and O–H groups in total. The molecule has 7 heteroatoms. The largest absolute Gasteiger partial charge is 0.481 e. The molecule has 1 atom stereocenters. The number of carboxylic acids is 1. The summed E-state index contributed by atoms with van der Waals surface area (Å²) in [6, 6.07) is -1.05. The van der Waals surface area contributed by atoms with E-state index < -0.39 is 24.3 Å². The van der Waals surface area contributed by atoms with E-state index in [1.165, 1.54) is 6.20 Å². The van der Waals surface area contributed by atoms with Crippen LogP contribution in [0.5, 0.6) is 0 Å². The third-order valence-electron chi connectivity index (χ3n) is 1.96. The molecule has 1 unspecified atom stereocenters. The van der Waals surface area contributed by atoms with Gasteiger partial charge in [-0.1, -0.05) is 0 Å². The SMILES string of the molecule is CCn1cc(NC(=O)C(N)CC(=O)O)cn1. The van der Waals surface area contributed by atoms with Crippen molar-refractivity contribution in [2.24, 2.45) is 5.73 Å². The number of aryl methyl sites for hydroxylation is 1. The first kappa shape index (κ1) is 12.2. The maximum atomic E-state index is 11.4. The Bertz CT molecular complexity index is 388. The van der Waals surface area contributed by atoms with Gasteiger partial charge < -0.3 is 16.2 Å². The normalized spacial score (nSPS) is 12.1. The summed E-state index contributed by atoms with van der Waals surface area (Å²) in [5.41, 5.74) is 5.89. The number of aromatic nitrogens is 2. The van der Waals surface area contributed by atoms with E-state index in [1.54, 1.807) is 10.9 Å². The van der Waals surface area contributed by atoms with E-state index in [0.717, 1.165) is 0 Å². The number of nitrogens with two attached hydrogens (primary N) is 1. The van der Waals surface area contributed by atoms with E-state index in [0.29, 0.717) is 12.2 Å². The van der Waals surface area contributed by atoms with Crippen molar-refractivity contribution in [3.8, 4) is 0 Å². The Morgan fingerprint density at radius 3 is 2.88 bits per heavy atom. The molecule has 1 aromatic heterocycles. The molecule has 0 radical (unpaired) electrons. The molecule has 0 bridgehead atoms. The van der Waals surface area contributed by atoms with Crippen molar-refractivity contribution < 1.29 is 14.7 Å². The van der Waals surface area contributed by atoms with Gasteiger partial charge in [0.05, 0.1) is 24.3 Å². The van der Waals surface area contributed by atoms with Gasteiger partial charge >= 0.3 is 5.97 Å². The molecule has 0 aliphatic rings. The Hall–Kier alpha value is -1.89. The van der Waals surface area contributed by atoms with Gasteiger partial charge in [0.15, 0.2) is 0 Å². The topological polar surface area (TPSA) is 110 Å². The minimum Gasteiger partial charge on any atom is -0.481 e. The Morgan fingerprint density at radius 1 is 1.69 bits per heavy atom. The fraction of sp³-hybridized carbons (Fsp3) is 0.444. The minimum atomic E-state index is -1.10. The first-order chi connectivity index (χ1) is 7.52. The highest BCUT2D eigenvalue weighted by Crippen LogP contribution is 2.05. The molecule has 1 amide bonds. The lowest BCUT2D eigenvalue weighted by Gasteiger charge is -2.07. The first-order valence-corrected chi connectivity index (χ1v) is 4.83. The van der Waals surface area contributed by atoms with Gasteiger partial charge in [0, 0.05) is 12.7 Å². The van der Waals surface area contributed by atoms with Crippen LogP contribution in [0.25, 0.3) is 0 Å². The Kier molecular flexibility index (Phi) is 4.01. The molecule has 1 rings (SSSR count). The second kappa shape index (κ2) is 5.26. The van der Waals surface area contributed by atoms with Gasteiger partial charge in [0.1, 0.15) is 0 Å². The van der Waals surface area contributed by atoms with Gasteiger partial charge in [-0.3, -0.25) is 14.3 Å². The summed E-state index contributed by atoms with van der Waals surface area (Å²) in [5.74, 6) is -1.63. The third kappa shape index (κ3) is 3.35. The molecule has 0 saturated carbocycles. The van der Waals surface area contributed by atoms with Gasteiger partial charge in [-0.2, -0.15) is 5.10 Å². The summed E-state index contributed by atoms with van der Waals surface area (Å²) < 4.78 is 1.64. The molecule has 0 aliphatic heterocycles. The average molecular weight is 226 g/mol. The van der Waals surface area contributed by atoms with Gasteiger partial charge in [0.25, 0.3) is 0 Å². The lowest BCUT2D eigenvalue weighted by atomic mass is 10.2. The molecule has 0 aromatic carbocycles. The van der Waals surface area contributed by atoms with Crippen LogP contribution in [0.15, 0.2) is 12.4 Å². The fourth-order valence-electron chi connectivity index (χ4n) is 1.12. The van der Waals surface area contributed by atoms with E-state index in [1.807, 2.05) is 6.92 Å². The van der Waals surface area contributed by atoms with Crippen LogP contribution in [0.1, 0.15) is 13.3 Å². The van der Waals surface area contributed by atoms with Crippen LogP contribution in [0.4, 0.5) is 5.69 Å². The van der Waals surface area contributed by atoms with Gasteiger partial charge in [-0.15, -0.1) is 0 Å². The molecular formula is C9H14N4O3. The maximum absolute atomic E-state index is 11.4. The van der Waals surface area contributed by atoms with Crippen LogP contribution in [0.2, 0.25) is 0 Å². The van der Waals surface area contributed by atoms with Crippen molar-refractivity contribution in [3.05, 3.63) is 12.4 Å². The molecule has 16 heavy (non-hydrogen) atoms. The van der Waals surface area contributed by atoms with Crippen molar-refractivity contribution in [1.82, 2.24) is 9.78 Å². The molecule has 0 aliphatic carbocycles.